The van der Waals surface area contributed by atoms with Crippen molar-refractivity contribution >= 4 is 0 Å². The molecule has 2 N–H and O–H groups in total. The summed E-state index contributed by atoms with van der Waals surface area (Å²) in [5, 5.41) is 0. The van der Waals surface area contributed by atoms with Crippen molar-refractivity contribution in [1.29, 1.82) is 0 Å². The fraction of sp³-hybridized carbons (Fsp3) is 0.818. The molecule has 0 atom stereocenters. The molecule has 78 valence electrons. The van der Waals surface area contributed by atoms with Crippen molar-refractivity contribution in [1.82, 2.24) is 4.90 Å². The van der Waals surface area contributed by atoms with Gasteiger partial charge in [0, 0.05) is 18.6 Å². The average molecular weight is 184 g/mol. The maximum atomic E-state index is 6.20. The first-order valence-electron chi connectivity index (χ1n) is 5.05. The monoisotopic (exact) mass is 184 g/mol. The maximum absolute atomic E-state index is 6.20. The van der Waals surface area contributed by atoms with Crippen molar-refractivity contribution in [2.24, 2.45) is 5.73 Å². The van der Waals surface area contributed by atoms with Gasteiger partial charge in [-0.2, -0.15) is 0 Å². The fourth-order valence-electron chi connectivity index (χ4n) is 1.53. The second kappa shape index (κ2) is 5.40. The zero-order valence-electron chi connectivity index (χ0n) is 9.56. The summed E-state index contributed by atoms with van der Waals surface area (Å²) in [5.41, 5.74) is 7.37. The second-order valence-corrected chi connectivity index (χ2v) is 4.20. The summed E-state index contributed by atoms with van der Waals surface area (Å²) in [7, 11) is 2.10. The summed E-state index contributed by atoms with van der Waals surface area (Å²) >= 11 is 0. The minimum atomic E-state index is -0.0236. The predicted octanol–water partition coefficient (Wildman–Crippen LogP) is 2.01. The number of nitrogens with zero attached hydrogens (tertiary/aromatic N) is 1. The molecule has 2 nitrogen and oxygen atoms in total. The predicted molar refractivity (Wildman–Crippen MR) is 59.8 cm³/mol. The van der Waals surface area contributed by atoms with E-state index < -0.39 is 0 Å². The molecule has 0 radical (unpaired) electrons. The molecule has 0 aliphatic rings. The number of hydrogen-bond donors (Lipinski definition) is 1. The van der Waals surface area contributed by atoms with Gasteiger partial charge in [-0.15, -0.1) is 0 Å². The van der Waals surface area contributed by atoms with Gasteiger partial charge in [-0.05, 0) is 26.8 Å². The van der Waals surface area contributed by atoms with Crippen LogP contribution in [0.5, 0.6) is 0 Å². The summed E-state index contributed by atoms with van der Waals surface area (Å²) < 4.78 is 0. The first kappa shape index (κ1) is 12.7. The Balaban J connectivity index is 4.01. The maximum Gasteiger partial charge on any atom is 0.0278 e. The Morgan fingerprint density at radius 3 is 2.15 bits per heavy atom. The van der Waals surface area contributed by atoms with E-state index in [-0.39, 0.29) is 5.54 Å². The number of hydrogen-bond acceptors (Lipinski definition) is 2. The zero-order valence-corrected chi connectivity index (χ0v) is 9.56. The molecule has 13 heavy (non-hydrogen) atoms. The van der Waals surface area contributed by atoms with E-state index in [0.717, 1.165) is 25.9 Å². The first-order valence-corrected chi connectivity index (χ1v) is 5.05. The molecule has 0 aliphatic carbocycles. The first-order chi connectivity index (χ1) is 5.93. The number of nitrogens with two attached hydrogens (primary N) is 1. The molecular formula is C11H24N2. The van der Waals surface area contributed by atoms with Gasteiger partial charge in [0.2, 0.25) is 0 Å². The van der Waals surface area contributed by atoms with Gasteiger partial charge in [0.1, 0.15) is 0 Å². The van der Waals surface area contributed by atoms with E-state index in [0.29, 0.717) is 0 Å². The van der Waals surface area contributed by atoms with E-state index >= 15 is 0 Å². The highest BCUT2D eigenvalue weighted by molar-refractivity contribution is 4.93. The van der Waals surface area contributed by atoms with Gasteiger partial charge in [0.05, 0.1) is 0 Å². The molecule has 0 saturated heterocycles. The van der Waals surface area contributed by atoms with Crippen LogP contribution in [0.2, 0.25) is 0 Å². The Morgan fingerprint density at radius 2 is 1.85 bits per heavy atom. The van der Waals surface area contributed by atoms with Crippen molar-refractivity contribution < 1.29 is 0 Å². The van der Waals surface area contributed by atoms with Gasteiger partial charge in [0.15, 0.2) is 0 Å². The number of likely N-dealkylation sites (N-methyl/N-ethyl adjacent to an activating group) is 1. The lowest BCUT2D eigenvalue weighted by atomic mass is 9.93. The van der Waals surface area contributed by atoms with E-state index in [9.17, 15) is 0 Å². The molecule has 0 amide bonds. The molecule has 0 aliphatic heterocycles. The largest absolute Gasteiger partial charge is 0.324 e. The lowest BCUT2D eigenvalue weighted by Gasteiger charge is -2.32. The summed E-state index contributed by atoms with van der Waals surface area (Å²) in [5.74, 6) is 0. The van der Waals surface area contributed by atoms with Gasteiger partial charge < -0.3 is 10.6 Å². The molecule has 0 fully saturated rings. The van der Waals surface area contributed by atoms with Gasteiger partial charge in [-0.3, -0.25) is 0 Å². The van der Waals surface area contributed by atoms with Crippen LogP contribution in [0, 0.1) is 0 Å². The Kier molecular flexibility index (Phi) is 5.26. The quantitative estimate of drug-likeness (QED) is 0.640. The summed E-state index contributed by atoms with van der Waals surface area (Å²) in [6.45, 7) is 12.1. The normalized spacial score (nSPS) is 12.2. The van der Waals surface area contributed by atoms with Crippen LogP contribution in [0.25, 0.3) is 0 Å². The summed E-state index contributed by atoms with van der Waals surface area (Å²) in [4.78, 5) is 2.25. The van der Waals surface area contributed by atoms with E-state index in [4.69, 9.17) is 5.73 Å². The highest BCUT2D eigenvalue weighted by Gasteiger charge is 2.21. The molecule has 0 saturated carbocycles. The van der Waals surface area contributed by atoms with E-state index in [1.165, 1.54) is 5.57 Å². The van der Waals surface area contributed by atoms with Crippen LogP contribution in [0.1, 0.15) is 33.6 Å². The van der Waals surface area contributed by atoms with E-state index in [1.54, 1.807) is 0 Å². The van der Waals surface area contributed by atoms with E-state index in [1.807, 2.05) is 6.92 Å². The molecule has 0 heterocycles. The Labute approximate surface area is 82.8 Å². The number of rotatable bonds is 6. The van der Waals surface area contributed by atoms with Crippen LogP contribution in [0.3, 0.4) is 0 Å². The van der Waals surface area contributed by atoms with Gasteiger partial charge in [-0.1, -0.05) is 26.0 Å². The minimum absolute atomic E-state index is 0.0236. The van der Waals surface area contributed by atoms with Crippen molar-refractivity contribution in [2.75, 3.05) is 20.1 Å². The van der Waals surface area contributed by atoms with Crippen molar-refractivity contribution in [3.63, 3.8) is 0 Å². The minimum Gasteiger partial charge on any atom is -0.324 e. The molecule has 0 bridgehead atoms. The van der Waals surface area contributed by atoms with Crippen LogP contribution in [-0.4, -0.2) is 30.6 Å². The van der Waals surface area contributed by atoms with Crippen LogP contribution in [-0.2, 0) is 0 Å². The van der Waals surface area contributed by atoms with Gasteiger partial charge in [0.25, 0.3) is 0 Å². The molecule has 2 heteroatoms. The molecule has 0 unspecified atom stereocenters. The Bertz CT molecular complexity index is 159. The topological polar surface area (TPSA) is 29.3 Å². The third-order valence-electron chi connectivity index (χ3n) is 2.53. The lowest BCUT2D eigenvalue weighted by molar-refractivity contribution is 0.247. The smallest absolute Gasteiger partial charge is 0.0278 e. The van der Waals surface area contributed by atoms with Crippen LogP contribution < -0.4 is 5.73 Å². The third-order valence-corrected chi connectivity index (χ3v) is 2.53. The molecular weight excluding hydrogens is 160 g/mol. The second-order valence-electron chi connectivity index (χ2n) is 4.20. The fourth-order valence-corrected chi connectivity index (χ4v) is 1.53. The molecule has 0 spiro atoms. The van der Waals surface area contributed by atoms with Crippen molar-refractivity contribution in [3.05, 3.63) is 12.2 Å². The lowest BCUT2D eigenvalue weighted by Crippen LogP contribution is -2.48. The standard InChI is InChI=1S/C11H24N2/c1-6-11(12,7-2)9-13(5)8-10(3)4/h3,6-9,12H2,1-2,4-5H3. The SMILES string of the molecule is C=C(C)CN(C)CC(N)(CC)CC. The summed E-state index contributed by atoms with van der Waals surface area (Å²) in [6.07, 6.45) is 2.06. The van der Waals surface area contributed by atoms with Crippen molar-refractivity contribution in [3.8, 4) is 0 Å². The van der Waals surface area contributed by atoms with Crippen molar-refractivity contribution in [2.45, 2.75) is 39.2 Å². The highest BCUT2D eigenvalue weighted by atomic mass is 15.1. The van der Waals surface area contributed by atoms with E-state index in [2.05, 4.69) is 32.4 Å². The van der Waals surface area contributed by atoms with Crippen LogP contribution in [0.4, 0.5) is 0 Å². The Hall–Kier alpha value is -0.340. The van der Waals surface area contributed by atoms with Gasteiger partial charge in [-0.25, -0.2) is 0 Å². The highest BCUT2D eigenvalue weighted by Crippen LogP contribution is 2.12. The van der Waals surface area contributed by atoms with Gasteiger partial charge >= 0.3 is 0 Å². The third kappa shape index (κ3) is 5.06. The molecule has 0 rings (SSSR count). The molecule has 0 aromatic rings. The summed E-state index contributed by atoms with van der Waals surface area (Å²) in [6, 6.07) is 0. The zero-order chi connectivity index (χ0) is 10.5. The van der Waals surface area contributed by atoms with Crippen LogP contribution >= 0.6 is 0 Å². The average Bonchev–Trinajstić information content (AvgIpc) is 2.02. The molecule has 0 aromatic carbocycles. The molecule has 0 aromatic heterocycles. The Morgan fingerprint density at radius 1 is 1.38 bits per heavy atom. The van der Waals surface area contributed by atoms with Crippen LogP contribution in [0.15, 0.2) is 12.2 Å².